The van der Waals surface area contributed by atoms with E-state index in [-0.39, 0.29) is 0 Å². The second-order valence-electron chi connectivity index (χ2n) is 14.0. The summed E-state index contributed by atoms with van der Waals surface area (Å²) < 4.78 is 11.0. The Bertz CT molecular complexity index is 3480. The van der Waals surface area contributed by atoms with E-state index in [9.17, 15) is 0 Å². The Labute approximate surface area is 329 Å². The Kier molecular flexibility index (Phi) is 6.96. The van der Waals surface area contributed by atoms with E-state index in [2.05, 4.69) is 120 Å². The summed E-state index contributed by atoms with van der Waals surface area (Å²) in [5.74, 6) is 2.34. The molecule has 0 spiro atoms. The molecule has 0 aliphatic carbocycles. The van der Waals surface area contributed by atoms with Crippen molar-refractivity contribution in [3.8, 4) is 51.4 Å². The molecule has 5 heterocycles. The summed E-state index contributed by atoms with van der Waals surface area (Å²) in [6, 6.07) is 57.9. The second-order valence-corrected chi connectivity index (χ2v) is 15.1. The molecule has 12 aromatic rings. The number of benzene rings is 7. The van der Waals surface area contributed by atoms with Crippen LogP contribution in [0.3, 0.4) is 0 Å². The van der Waals surface area contributed by atoms with Crippen molar-refractivity contribution < 1.29 is 4.42 Å². The van der Waals surface area contributed by atoms with Crippen LogP contribution in [0.5, 0.6) is 0 Å². The summed E-state index contributed by atoms with van der Waals surface area (Å²) in [5.41, 5.74) is 9.10. The standard InChI is InChI=1S/C49H28N6OS/c1-3-14-29(15-4-1)43-45-44(35-20-9-12-25-41(35)57-45)51-48(50-43)36-21-13-24-39-42(36)34-27-26-31(28-40(34)56-39)47-52-46(30-16-5-2-6-17-30)53-49(54-47)55-37-22-10-7-18-32(37)33-19-8-11-23-38(33)55/h1-28H. The highest BCUT2D eigenvalue weighted by Gasteiger charge is 2.22. The number of furan rings is 1. The van der Waals surface area contributed by atoms with Gasteiger partial charge < -0.3 is 4.42 Å². The van der Waals surface area contributed by atoms with Crippen LogP contribution in [-0.2, 0) is 0 Å². The fourth-order valence-corrected chi connectivity index (χ4v) is 9.26. The maximum atomic E-state index is 6.64. The number of fused-ring (bicyclic) bond motifs is 9. The average molecular weight is 749 g/mol. The normalized spacial score (nSPS) is 11.9. The van der Waals surface area contributed by atoms with Crippen LogP contribution in [0.4, 0.5) is 0 Å². The first-order valence-electron chi connectivity index (χ1n) is 18.8. The largest absolute Gasteiger partial charge is 0.456 e. The maximum absolute atomic E-state index is 6.64. The van der Waals surface area contributed by atoms with Crippen LogP contribution < -0.4 is 0 Å². The molecule has 0 unspecified atom stereocenters. The van der Waals surface area contributed by atoms with E-state index in [1.165, 1.54) is 4.70 Å². The van der Waals surface area contributed by atoms with Crippen LogP contribution >= 0.6 is 11.3 Å². The number of aromatic nitrogens is 6. The molecular weight excluding hydrogens is 721 g/mol. The van der Waals surface area contributed by atoms with E-state index in [4.69, 9.17) is 29.3 Å². The zero-order valence-electron chi connectivity index (χ0n) is 30.2. The number of hydrogen-bond acceptors (Lipinski definition) is 7. The van der Waals surface area contributed by atoms with Crippen molar-refractivity contribution in [3.05, 3.63) is 170 Å². The van der Waals surface area contributed by atoms with Gasteiger partial charge in [0.05, 0.1) is 26.9 Å². The maximum Gasteiger partial charge on any atom is 0.238 e. The van der Waals surface area contributed by atoms with Crippen molar-refractivity contribution in [2.24, 2.45) is 0 Å². The molecule has 12 rings (SSSR count). The third-order valence-corrected chi connectivity index (χ3v) is 11.9. The van der Waals surface area contributed by atoms with E-state index in [0.717, 1.165) is 87.3 Å². The van der Waals surface area contributed by atoms with Gasteiger partial charge in [-0.2, -0.15) is 9.97 Å². The van der Waals surface area contributed by atoms with Crippen molar-refractivity contribution in [3.63, 3.8) is 0 Å². The summed E-state index contributed by atoms with van der Waals surface area (Å²) >= 11 is 1.73. The summed E-state index contributed by atoms with van der Waals surface area (Å²) in [7, 11) is 0. The van der Waals surface area contributed by atoms with Crippen LogP contribution in [0.1, 0.15) is 0 Å². The van der Waals surface area contributed by atoms with Crippen molar-refractivity contribution in [1.82, 2.24) is 29.5 Å². The highest BCUT2D eigenvalue weighted by molar-refractivity contribution is 7.26. The van der Waals surface area contributed by atoms with E-state index in [0.29, 0.717) is 23.4 Å². The molecule has 8 heteroatoms. The molecule has 57 heavy (non-hydrogen) atoms. The van der Waals surface area contributed by atoms with E-state index >= 15 is 0 Å². The third kappa shape index (κ3) is 5.01. The molecule has 0 N–H and O–H groups in total. The smallest absolute Gasteiger partial charge is 0.238 e. The lowest BCUT2D eigenvalue weighted by molar-refractivity contribution is 0.669. The van der Waals surface area contributed by atoms with Gasteiger partial charge in [0.15, 0.2) is 17.5 Å². The first kappa shape index (κ1) is 31.8. The summed E-state index contributed by atoms with van der Waals surface area (Å²) in [6.45, 7) is 0. The number of para-hydroxylation sites is 2. The van der Waals surface area contributed by atoms with Crippen LogP contribution in [-0.4, -0.2) is 29.5 Å². The zero-order chi connectivity index (χ0) is 37.5. The van der Waals surface area contributed by atoms with Gasteiger partial charge in [-0.15, -0.1) is 11.3 Å². The predicted molar refractivity (Wildman–Crippen MR) is 232 cm³/mol. The SMILES string of the molecule is c1ccc(-c2nc(-c3ccc4c(c3)oc3cccc(-c5nc(-c6ccccc6)c6sc7ccccc7c6n5)c34)nc(-n3c4ccccc4c4ccccc43)n2)cc1. The minimum Gasteiger partial charge on any atom is -0.456 e. The van der Waals surface area contributed by atoms with Gasteiger partial charge in [-0.25, -0.2) is 15.0 Å². The van der Waals surface area contributed by atoms with Crippen molar-refractivity contribution in [1.29, 1.82) is 0 Å². The van der Waals surface area contributed by atoms with Crippen LogP contribution in [0.2, 0.25) is 0 Å². The van der Waals surface area contributed by atoms with Gasteiger partial charge in [0.25, 0.3) is 0 Å². The highest BCUT2D eigenvalue weighted by atomic mass is 32.1. The second kappa shape index (κ2) is 12.5. The Morgan fingerprint density at radius 2 is 1.09 bits per heavy atom. The van der Waals surface area contributed by atoms with Crippen molar-refractivity contribution in [2.75, 3.05) is 0 Å². The van der Waals surface area contributed by atoms with Gasteiger partial charge in [0.1, 0.15) is 11.2 Å². The third-order valence-electron chi connectivity index (χ3n) is 10.7. The fraction of sp³-hybridized carbons (Fsp3) is 0. The molecule has 0 saturated heterocycles. The number of thiophene rings is 1. The van der Waals surface area contributed by atoms with Crippen LogP contribution in [0.25, 0.3) is 115 Å². The van der Waals surface area contributed by atoms with Crippen molar-refractivity contribution in [2.45, 2.75) is 0 Å². The lowest BCUT2D eigenvalue weighted by Gasteiger charge is -2.11. The topological polar surface area (TPSA) is 82.5 Å². The lowest BCUT2D eigenvalue weighted by atomic mass is 10.0. The Morgan fingerprint density at radius 1 is 0.439 bits per heavy atom. The molecule has 266 valence electrons. The Morgan fingerprint density at radius 3 is 1.84 bits per heavy atom. The lowest BCUT2D eigenvalue weighted by Crippen LogP contribution is -2.06. The molecule has 5 aromatic heterocycles. The molecule has 0 aliphatic heterocycles. The predicted octanol–water partition coefficient (Wildman–Crippen LogP) is 12.7. The summed E-state index contributed by atoms with van der Waals surface area (Å²) in [5, 5.41) is 5.33. The average Bonchev–Trinajstić information content (AvgIpc) is 3.96. The van der Waals surface area contributed by atoms with Crippen molar-refractivity contribution >= 4 is 75.4 Å². The Balaban J connectivity index is 1.06. The highest BCUT2D eigenvalue weighted by Crippen LogP contribution is 2.42. The first-order chi connectivity index (χ1) is 28.2. The molecular formula is C49H28N6OS. The fourth-order valence-electron chi connectivity index (χ4n) is 8.10. The minimum atomic E-state index is 0.547. The molecule has 0 fully saturated rings. The van der Waals surface area contributed by atoms with E-state index in [1.54, 1.807) is 11.3 Å². The molecule has 0 atom stereocenters. The van der Waals surface area contributed by atoms with Gasteiger partial charge in [0.2, 0.25) is 5.95 Å². The van der Waals surface area contributed by atoms with Gasteiger partial charge in [-0.1, -0.05) is 133 Å². The number of nitrogens with zero attached hydrogens (tertiary/aromatic N) is 6. The van der Waals surface area contributed by atoms with Crippen LogP contribution in [0, 0.1) is 0 Å². The van der Waals surface area contributed by atoms with Gasteiger partial charge in [0, 0.05) is 53.9 Å². The molecule has 7 nitrogen and oxygen atoms in total. The van der Waals surface area contributed by atoms with E-state index in [1.807, 2.05) is 54.6 Å². The molecule has 0 radical (unpaired) electrons. The monoisotopic (exact) mass is 748 g/mol. The summed E-state index contributed by atoms with van der Waals surface area (Å²) in [4.78, 5) is 25.9. The molecule has 7 aromatic carbocycles. The minimum absolute atomic E-state index is 0.547. The first-order valence-corrected chi connectivity index (χ1v) is 19.6. The molecule has 0 aliphatic rings. The number of rotatable bonds is 5. The van der Waals surface area contributed by atoms with Gasteiger partial charge in [-0.3, -0.25) is 4.57 Å². The molecule has 0 bridgehead atoms. The zero-order valence-corrected chi connectivity index (χ0v) is 31.0. The van der Waals surface area contributed by atoms with Crippen LogP contribution in [0.15, 0.2) is 174 Å². The van der Waals surface area contributed by atoms with Gasteiger partial charge in [-0.05, 0) is 36.4 Å². The van der Waals surface area contributed by atoms with E-state index < -0.39 is 0 Å². The Hall–Kier alpha value is -7.55. The molecule has 0 amide bonds. The number of hydrogen-bond donors (Lipinski definition) is 0. The molecule has 0 saturated carbocycles. The quantitative estimate of drug-likeness (QED) is 0.174. The summed E-state index contributed by atoms with van der Waals surface area (Å²) in [6.07, 6.45) is 0. The van der Waals surface area contributed by atoms with Gasteiger partial charge >= 0.3 is 0 Å².